The number of H-pyrrole nitrogens is 1. The molecule has 1 fully saturated rings. The molecular formula is C28H26N4O4. The summed E-state index contributed by atoms with van der Waals surface area (Å²) in [5.74, 6) is -0.817. The third-order valence-electron chi connectivity index (χ3n) is 7.41. The Morgan fingerprint density at radius 3 is 2.64 bits per heavy atom. The van der Waals surface area contributed by atoms with Crippen molar-refractivity contribution in [2.24, 2.45) is 5.92 Å². The normalized spacial score (nSPS) is 20.0. The number of carboxylic acid groups (broad SMARTS) is 1. The number of benzene rings is 2. The predicted octanol–water partition coefficient (Wildman–Crippen LogP) is 3.83. The lowest BCUT2D eigenvalue weighted by molar-refractivity contribution is -0.144. The molecule has 0 spiro atoms. The molecule has 4 heterocycles. The molecule has 2 aromatic carbocycles. The Labute approximate surface area is 207 Å². The molecule has 1 saturated heterocycles. The molecule has 8 nitrogen and oxygen atoms in total. The first-order valence-electron chi connectivity index (χ1n) is 12.1. The maximum absolute atomic E-state index is 12.7. The van der Waals surface area contributed by atoms with Crippen LogP contribution in [0.1, 0.15) is 40.0 Å². The van der Waals surface area contributed by atoms with Crippen molar-refractivity contribution in [3.05, 3.63) is 100 Å². The molecule has 2 aliphatic heterocycles. The van der Waals surface area contributed by atoms with Crippen LogP contribution >= 0.6 is 0 Å². The summed E-state index contributed by atoms with van der Waals surface area (Å²) in [6, 6.07) is 19.0. The van der Waals surface area contributed by atoms with Gasteiger partial charge >= 0.3 is 5.97 Å². The fraction of sp³-hybridized carbons (Fsp3) is 0.250. The van der Waals surface area contributed by atoms with Crippen LogP contribution in [0.5, 0.6) is 0 Å². The maximum atomic E-state index is 12.7. The maximum Gasteiger partial charge on any atom is 0.325 e. The average molecular weight is 483 g/mol. The fourth-order valence-corrected chi connectivity index (χ4v) is 5.87. The second-order valence-electron chi connectivity index (χ2n) is 9.72. The summed E-state index contributed by atoms with van der Waals surface area (Å²) in [6.45, 7) is 1.78. The molecule has 1 amide bonds. The highest BCUT2D eigenvalue weighted by atomic mass is 16.4. The van der Waals surface area contributed by atoms with Gasteiger partial charge in [-0.3, -0.25) is 19.3 Å². The lowest BCUT2D eigenvalue weighted by Gasteiger charge is -2.44. The summed E-state index contributed by atoms with van der Waals surface area (Å²) in [4.78, 5) is 42.9. The molecule has 2 bridgehead atoms. The number of nitrogens with one attached hydrogen (secondary N) is 2. The Balaban J connectivity index is 1.32. The highest BCUT2D eigenvalue weighted by molar-refractivity contribution is 6.05. The molecular weight excluding hydrogens is 456 g/mol. The number of anilines is 1. The van der Waals surface area contributed by atoms with E-state index in [0.717, 1.165) is 23.0 Å². The summed E-state index contributed by atoms with van der Waals surface area (Å²) in [5, 5.41) is 14.0. The van der Waals surface area contributed by atoms with Crippen LogP contribution in [0, 0.1) is 5.92 Å². The van der Waals surface area contributed by atoms with Crippen LogP contribution in [-0.4, -0.2) is 44.5 Å². The number of hydrogen-bond donors (Lipinski definition) is 3. The van der Waals surface area contributed by atoms with Crippen molar-refractivity contribution in [2.75, 3.05) is 18.4 Å². The molecule has 3 atom stereocenters. The second kappa shape index (κ2) is 8.80. The van der Waals surface area contributed by atoms with E-state index in [2.05, 4.69) is 10.3 Å². The zero-order valence-electron chi connectivity index (χ0n) is 19.6. The Hall–Kier alpha value is -4.17. The summed E-state index contributed by atoms with van der Waals surface area (Å²) >= 11 is 0. The third-order valence-corrected chi connectivity index (χ3v) is 7.41. The number of rotatable bonds is 5. The number of aromatic nitrogens is 2. The molecule has 0 aliphatic carbocycles. The van der Waals surface area contributed by atoms with Crippen LogP contribution in [0.25, 0.3) is 10.9 Å². The minimum Gasteiger partial charge on any atom is -0.480 e. The standard InChI is InChI=1S/C28H26N4O4/c33-25-8-4-7-24-19-11-17(15-32(24)25)14-31(16-19)26(28(35)36)22-13-29-23-10-9-20(12-21(22)23)30-27(34)18-5-2-1-3-6-18/h1-10,12-13,17,19,26,29H,11,14-16H2,(H,30,34)(H,35,36)/t17-,19+,26?/m0/s1. The van der Waals surface area contributed by atoms with Crippen molar-refractivity contribution >= 4 is 28.5 Å². The molecule has 182 valence electrons. The predicted molar refractivity (Wildman–Crippen MR) is 136 cm³/mol. The molecule has 8 heteroatoms. The Bertz CT molecular complexity index is 1520. The van der Waals surface area contributed by atoms with E-state index in [4.69, 9.17) is 0 Å². The SMILES string of the molecule is O=C(Nc1ccc2[nH]cc(C(C(=O)O)N3C[C@@H]4C[C@H](C3)c3cccc(=O)n3C4)c2c1)c1ccccc1. The Kier molecular flexibility index (Phi) is 5.45. The number of likely N-dealkylation sites (tertiary alicyclic amines) is 1. The summed E-state index contributed by atoms with van der Waals surface area (Å²) in [7, 11) is 0. The number of hydrogen-bond acceptors (Lipinski definition) is 4. The number of carboxylic acids is 1. The number of piperidine rings is 1. The minimum atomic E-state index is -0.917. The molecule has 0 saturated carbocycles. The van der Waals surface area contributed by atoms with E-state index in [1.54, 1.807) is 36.5 Å². The zero-order valence-corrected chi connectivity index (χ0v) is 19.6. The topological polar surface area (TPSA) is 107 Å². The van der Waals surface area contributed by atoms with Gasteiger partial charge in [0.15, 0.2) is 0 Å². The summed E-state index contributed by atoms with van der Waals surface area (Å²) in [6.07, 6.45) is 2.71. The van der Waals surface area contributed by atoms with Crippen molar-refractivity contribution < 1.29 is 14.7 Å². The number of carbonyl (C=O) groups excluding carboxylic acids is 1. The van der Waals surface area contributed by atoms with Gasteiger partial charge in [0.05, 0.1) is 0 Å². The lowest BCUT2D eigenvalue weighted by atomic mass is 9.82. The molecule has 2 aromatic heterocycles. The van der Waals surface area contributed by atoms with Gasteiger partial charge < -0.3 is 20.0 Å². The number of pyridine rings is 1. The smallest absolute Gasteiger partial charge is 0.325 e. The van der Waals surface area contributed by atoms with E-state index in [-0.39, 0.29) is 23.3 Å². The van der Waals surface area contributed by atoms with Gasteiger partial charge in [0, 0.05) is 71.2 Å². The number of fused-ring (bicyclic) bond motifs is 5. The van der Waals surface area contributed by atoms with Crippen LogP contribution in [0.3, 0.4) is 0 Å². The van der Waals surface area contributed by atoms with E-state index < -0.39 is 12.0 Å². The van der Waals surface area contributed by atoms with E-state index in [0.29, 0.717) is 36.4 Å². The van der Waals surface area contributed by atoms with Crippen molar-refractivity contribution in [1.29, 1.82) is 0 Å². The third kappa shape index (κ3) is 3.89. The first kappa shape index (κ1) is 22.3. The highest BCUT2D eigenvalue weighted by Gasteiger charge is 2.40. The molecule has 6 rings (SSSR count). The zero-order chi connectivity index (χ0) is 24.8. The quantitative estimate of drug-likeness (QED) is 0.401. The average Bonchev–Trinajstić information content (AvgIpc) is 3.28. The second-order valence-corrected chi connectivity index (χ2v) is 9.72. The highest BCUT2D eigenvalue weighted by Crippen LogP contribution is 2.40. The fourth-order valence-electron chi connectivity index (χ4n) is 5.87. The van der Waals surface area contributed by atoms with Crippen LogP contribution in [0.2, 0.25) is 0 Å². The van der Waals surface area contributed by atoms with Gasteiger partial charge in [0.1, 0.15) is 6.04 Å². The van der Waals surface area contributed by atoms with Crippen molar-refractivity contribution in [3.8, 4) is 0 Å². The molecule has 1 unspecified atom stereocenters. The first-order valence-corrected chi connectivity index (χ1v) is 12.1. The van der Waals surface area contributed by atoms with Crippen molar-refractivity contribution in [1.82, 2.24) is 14.5 Å². The summed E-state index contributed by atoms with van der Waals surface area (Å²) in [5.41, 5.74) is 3.62. The number of aliphatic carboxylic acids is 1. The number of carbonyl (C=O) groups is 2. The molecule has 2 aliphatic rings. The number of aromatic amines is 1. The summed E-state index contributed by atoms with van der Waals surface area (Å²) < 4.78 is 1.85. The first-order chi connectivity index (χ1) is 17.5. The number of nitrogens with zero attached hydrogens (tertiary/aromatic N) is 2. The van der Waals surface area contributed by atoms with Crippen molar-refractivity contribution in [3.63, 3.8) is 0 Å². The molecule has 36 heavy (non-hydrogen) atoms. The number of amides is 1. The van der Waals surface area contributed by atoms with Crippen LogP contribution < -0.4 is 10.9 Å². The van der Waals surface area contributed by atoms with E-state index in [1.165, 1.54) is 0 Å². The van der Waals surface area contributed by atoms with Crippen molar-refractivity contribution in [2.45, 2.75) is 24.9 Å². The van der Waals surface area contributed by atoms with Gasteiger partial charge in [-0.25, -0.2) is 0 Å². The monoisotopic (exact) mass is 482 g/mol. The largest absolute Gasteiger partial charge is 0.480 e. The van der Waals surface area contributed by atoms with Gasteiger partial charge in [0.2, 0.25) is 0 Å². The molecule has 0 radical (unpaired) electrons. The van der Waals surface area contributed by atoms with Gasteiger partial charge in [-0.15, -0.1) is 0 Å². The van der Waals surface area contributed by atoms with E-state index in [9.17, 15) is 19.5 Å². The van der Waals surface area contributed by atoms with Gasteiger partial charge in [-0.2, -0.15) is 0 Å². The minimum absolute atomic E-state index is 0.00661. The van der Waals surface area contributed by atoms with Crippen LogP contribution in [0.4, 0.5) is 5.69 Å². The van der Waals surface area contributed by atoms with Crippen LogP contribution in [-0.2, 0) is 11.3 Å². The molecule has 3 N–H and O–H groups in total. The van der Waals surface area contributed by atoms with E-state index in [1.807, 2.05) is 45.9 Å². The Morgan fingerprint density at radius 1 is 1.00 bits per heavy atom. The van der Waals surface area contributed by atoms with Gasteiger partial charge in [0.25, 0.3) is 11.5 Å². The van der Waals surface area contributed by atoms with Gasteiger partial charge in [-0.1, -0.05) is 24.3 Å². The lowest BCUT2D eigenvalue weighted by Crippen LogP contribution is -2.49. The van der Waals surface area contributed by atoms with E-state index >= 15 is 0 Å². The Morgan fingerprint density at radius 2 is 1.83 bits per heavy atom. The van der Waals surface area contributed by atoms with Gasteiger partial charge in [-0.05, 0) is 48.7 Å². The molecule has 4 aromatic rings. The van der Waals surface area contributed by atoms with Crippen LogP contribution in [0.15, 0.2) is 77.7 Å².